The first-order valence-corrected chi connectivity index (χ1v) is 7.93. The number of Topliss-reactive ketones (excluding diaryl/α,β-unsaturated/α-hetero) is 1. The maximum atomic E-state index is 12.2. The molecule has 0 amide bonds. The van der Waals surface area contributed by atoms with Crippen LogP contribution < -0.4 is 5.32 Å². The number of ether oxygens (including phenoxy) is 2. The number of benzene rings is 1. The number of hydrogen-bond acceptors (Lipinski definition) is 5. The lowest BCUT2D eigenvalue weighted by Crippen LogP contribution is -2.50. The first-order valence-electron chi connectivity index (χ1n) is 7.93. The fourth-order valence-corrected chi connectivity index (χ4v) is 3.42. The van der Waals surface area contributed by atoms with Crippen LogP contribution in [-0.2, 0) is 9.47 Å². The zero-order chi connectivity index (χ0) is 15.4. The molecule has 1 saturated carbocycles. The zero-order valence-electron chi connectivity index (χ0n) is 12.7. The molecule has 0 unspecified atom stereocenters. The molecule has 5 heteroatoms. The fraction of sp³-hybridized carbons (Fsp3) is 0.588. The van der Waals surface area contributed by atoms with E-state index in [1.807, 2.05) is 30.3 Å². The van der Waals surface area contributed by atoms with Crippen LogP contribution in [0.25, 0.3) is 0 Å². The Morgan fingerprint density at radius 3 is 2.68 bits per heavy atom. The van der Waals surface area contributed by atoms with Crippen molar-refractivity contribution in [1.82, 2.24) is 5.32 Å². The van der Waals surface area contributed by atoms with Gasteiger partial charge in [0.2, 0.25) is 0 Å². The summed E-state index contributed by atoms with van der Waals surface area (Å²) in [6.45, 7) is 1.62. The number of nitrogens with one attached hydrogen (secondary N) is 1. The van der Waals surface area contributed by atoms with Crippen molar-refractivity contribution in [3.05, 3.63) is 35.9 Å². The molecule has 1 aromatic carbocycles. The SMILES string of the molecule is O=C(CN[C@@H]1CCC2(C[C@H]1CO)OCCO2)c1ccccc1. The third-order valence-corrected chi connectivity index (χ3v) is 4.65. The average Bonchev–Trinajstić information content (AvgIpc) is 3.02. The molecule has 0 bridgehead atoms. The Labute approximate surface area is 130 Å². The molecule has 2 aliphatic rings. The van der Waals surface area contributed by atoms with Crippen LogP contribution >= 0.6 is 0 Å². The highest BCUT2D eigenvalue weighted by atomic mass is 16.7. The van der Waals surface area contributed by atoms with Crippen molar-refractivity contribution in [2.75, 3.05) is 26.4 Å². The second kappa shape index (κ2) is 6.87. The monoisotopic (exact) mass is 305 g/mol. The first kappa shape index (κ1) is 15.6. The predicted molar refractivity (Wildman–Crippen MR) is 81.6 cm³/mol. The third kappa shape index (κ3) is 3.38. The zero-order valence-corrected chi connectivity index (χ0v) is 12.7. The first-order chi connectivity index (χ1) is 10.7. The van der Waals surface area contributed by atoms with Gasteiger partial charge in [-0.1, -0.05) is 30.3 Å². The molecular formula is C17H23NO4. The van der Waals surface area contributed by atoms with Gasteiger partial charge in [-0.25, -0.2) is 0 Å². The van der Waals surface area contributed by atoms with Crippen LogP contribution in [0.5, 0.6) is 0 Å². The lowest BCUT2D eigenvalue weighted by Gasteiger charge is -2.40. The second-order valence-electron chi connectivity index (χ2n) is 6.07. The molecule has 3 rings (SSSR count). The second-order valence-corrected chi connectivity index (χ2v) is 6.07. The van der Waals surface area contributed by atoms with Crippen LogP contribution in [0.3, 0.4) is 0 Å². The summed E-state index contributed by atoms with van der Waals surface area (Å²) in [6.07, 6.45) is 2.33. The van der Waals surface area contributed by atoms with Gasteiger partial charge in [0.15, 0.2) is 11.6 Å². The van der Waals surface area contributed by atoms with E-state index in [1.165, 1.54) is 0 Å². The normalized spacial score (nSPS) is 27.1. The Balaban J connectivity index is 1.55. The molecule has 1 spiro atoms. The summed E-state index contributed by atoms with van der Waals surface area (Å²) in [5, 5.41) is 13.0. The third-order valence-electron chi connectivity index (χ3n) is 4.65. The summed E-state index contributed by atoms with van der Waals surface area (Å²) in [5.41, 5.74) is 0.713. The Bertz CT molecular complexity index is 499. The highest BCUT2D eigenvalue weighted by Gasteiger charge is 2.44. The van der Waals surface area contributed by atoms with Crippen LogP contribution in [0, 0.1) is 5.92 Å². The summed E-state index contributed by atoms with van der Waals surface area (Å²) < 4.78 is 11.5. The number of aliphatic hydroxyl groups excluding tert-OH is 1. The molecule has 2 atom stereocenters. The van der Waals surface area contributed by atoms with Gasteiger partial charge in [0.05, 0.1) is 19.8 Å². The van der Waals surface area contributed by atoms with E-state index in [0.717, 1.165) is 12.8 Å². The van der Waals surface area contributed by atoms with E-state index in [2.05, 4.69) is 5.32 Å². The van der Waals surface area contributed by atoms with E-state index in [1.54, 1.807) is 0 Å². The van der Waals surface area contributed by atoms with Gasteiger partial charge in [0.1, 0.15) is 0 Å². The summed E-state index contributed by atoms with van der Waals surface area (Å²) in [6, 6.07) is 9.39. The minimum Gasteiger partial charge on any atom is -0.396 e. The summed E-state index contributed by atoms with van der Waals surface area (Å²) in [7, 11) is 0. The van der Waals surface area contributed by atoms with Gasteiger partial charge in [-0.05, 0) is 6.42 Å². The Kier molecular flexibility index (Phi) is 4.88. The van der Waals surface area contributed by atoms with Gasteiger partial charge < -0.3 is 19.9 Å². The van der Waals surface area contributed by atoms with E-state index in [4.69, 9.17) is 9.47 Å². The molecule has 1 saturated heterocycles. The maximum absolute atomic E-state index is 12.2. The highest BCUT2D eigenvalue weighted by Crippen LogP contribution is 2.38. The number of ketones is 1. The lowest BCUT2D eigenvalue weighted by atomic mass is 9.81. The smallest absolute Gasteiger partial charge is 0.176 e. The molecule has 0 radical (unpaired) electrons. The van der Waals surface area contributed by atoms with Crippen molar-refractivity contribution >= 4 is 5.78 Å². The summed E-state index contributed by atoms with van der Waals surface area (Å²) >= 11 is 0. The summed E-state index contributed by atoms with van der Waals surface area (Å²) in [4.78, 5) is 12.2. The van der Waals surface area contributed by atoms with Crippen molar-refractivity contribution in [1.29, 1.82) is 0 Å². The van der Waals surface area contributed by atoms with Crippen molar-refractivity contribution in [2.45, 2.75) is 31.1 Å². The molecule has 120 valence electrons. The fourth-order valence-electron chi connectivity index (χ4n) is 3.42. The highest BCUT2D eigenvalue weighted by molar-refractivity contribution is 5.97. The van der Waals surface area contributed by atoms with Gasteiger partial charge in [-0.2, -0.15) is 0 Å². The molecule has 0 aromatic heterocycles. The topological polar surface area (TPSA) is 67.8 Å². The standard InChI is InChI=1S/C17H23NO4/c19-12-14-10-17(21-8-9-22-17)7-6-15(14)18-11-16(20)13-4-2-1-3-5-13/h1-5,14-15,18-19H,6-12H2/t14-,15+/m0/s1. The van der Waals surface area contributed by atoms with E-state index in [9.17, 15) is 9.90 Å². The Morgan fingerprint density at radius 2 is 2.00 bits per heavy atom. The Hall–Kier alpha value is -1.27. The van der Waals surface area contributed by atoms with Crippen molar-refractivity contribution < 1.29 is 19.4 Å². The minimum absolute atomic E-state index is 0.0513. The molecule has 22 heavy (non-hydrogen) atoms. The van der Waals surface area contributed by atoms with Gasteiger partial charge in [0, 0.05) is 37.0 Å². The number of carbonyl (C=O) groups is 1. The minimum atomic E-state index is -0.505. The number of rotatable bonds is 5. The quantitative estimate of drug-likeness (QED) is 0.804. The molecule has 1 heterocycles. The largest absolute Gasteiger partial charge is 0.396 e. The van der Waals surface area contributed by atoms with Crippen LogP contribution in [0.4, 0.5) is 0 Å². The van der Waals surface area contributed by atoms with E-state index in [0.29, 0.717) is 31.7 Å². The average molecular weight is 305 g/mol. The van der Waals surface area contributed by atoms with Gasteiger partial charge in [0.25, 0.3) is 0 Å². The molecule has 2 fully saturated rings. The number of aliphatic hydroxyl groups is 1. The van der Waals surface area contributed by atoms with Crippen LogP contribution in [0.15, 0.2) is 30.3 Å². The van der Waals surface area contributed by atoms with Crippen LogP contribution in [0.2, 0.25) is 0 Å². The Morgan fingerprint density at radius 1 is 1.27 bits per heavy atom. The van der Waals surface area contributed by atoms with Crippen molar-refractivity contribution in [3.63, 3.8) is 0 Å². The predicted octanol–water partition coefficient (Wildman–Crippen LogP) is 1.36. The molecule has 5 nitrogen and oxygen atoms in total. The molecule has 2 N–H and O–H groups in total. The molecule has 1 aliphatic heterocycles. The number of carbonyl (C=O) groups excluding carboxylic acids is 1. The van der Waals surface area contributed by atoms with E-state index in [-0.39, 0.29) is 24.3 Å². The summed E-state index contributed by atoms with van der Waals surface area (Å²) in [5.74, 6) is -0.379. The maximum Gasteiger partial charge on any atom is 0.176 e. The van der Waals surface area contributed by atoms with Gasteiger partial charge in [-0.15, -0.1) is 0 Å². The van der Waals surface area contributed by atoms with E-state index < -0.39 is 5.79 Å². The van der Waals surface area contributed by atoms with E-state index >= 15 is 0 Å². The van der Waals surface area contributed by atoms with Crippen LogP contribution in [0.1, 0.15) is 29.6 Å². The van der Waals surface area contributed by atoms with Crippen molar-refractivity contribution in [2.24, 2.45) is 5.92 Å². The molecule has 1 aliphatic carbocycles. The van der Waals surface area contributed by atoms with Crippen LogP contribution in [-0.4, -0.2) is 49.1 Å². The molecule has 1 aromatic rings. The van der Waals surface area contributed by atoms with Gasteiger partial charge >= 0.3 is 0 Å². The van der Waals surface area contributed by atoms with Gasteiger partial charge in [-0.3, -0.25) is 4.79 Å². The molecular weight excluding hydrogens is 282 g/mol. The van der Waals surface area contributed by atoms with Crippen molar-refractivity contribution in [3.8, 4) is 0 Å². The number of hydrogen-bond donors (Lipinski definition) is 2. The lowest BCUT2D eigenvalue weighted by molar-refractivity contribution is -0.193.